The summed E-state index contributed by atoms with van der Waals surface area (Å²) < 4.78 is 22.0. The minimum absolute atomic E-state index is 0.695. The molecule has 0 rings (SSSR count). The lowest BCUT2D eigenvalue weighted by atomic mass is 11.2. The monoisotopic (exact) mass is 205 g/mol. The van der Waals surface area contributed by atoms with Crippen LogP contribution < -0.4 is 0 Å². The van der Waals surface area contributed by atoms with Crippen LogP contribution in [0.4, 0.5) is 0 Å². The Kier molecular flexibility index (Phi) is 7.77. The third-order valence-corrected chi connectivity index (χ3v) is 0.636. The van der Waals surface area contributed by atoms with E-state index < -0.39 is 16.1 Å². The van der Waals surface area contributed by atoms with E-state index in [0.717, 1.165) is 0 Å². The molecule has 0 aliphatic rings. The summed E-state index contributed by atoms with van der Waals surface area (Å²) in [6.45, 7) is 2.93. The van der Waals surface area contributed by atoms with Crippen molar-refractivity contribution in [3.63, 3.8) is 0 Å². The van der Waals surface area contributed by atoms with Gasteiger partial charge in [0.05, 0.1) is 6.26 Å². The standard InChI is InChI=1S/C2H5O4P.HO3P/c1-2-6-7(3,4)5;1-4(2)3/h2H,1H2,(H2,3,4,5);(H-,1,2,3)/p+1. The van der Waals surface area contributed by atoms with Crippen LogP contribution in [0, 0.1) is 0 Å². The highest BCUT2D eigenvalue weighted by Gasteiger charge is 2.10. The van der Waals surface area contributed by atoms with Gasteiger partial charge in [0, 0.05) is 4.57 Å². The molecule has 7 nitrogen and oxygen atoms in total. The average Bonchev–Trinajstić information content (AvgIpc) is 1.58. The van der Waals surface area contributed by atoms with Crippen molar-refractivity contribution in [1.82, 2.24) is 0 Å². The first kappa shape index (κ1) is 13.3. The van der Waals surface area contributed by atoms with Gasteiger partial charge in [-0.05, 0) is 0 Å². The van der Waals surface area contributed by atoms with Crippen LogP contribution in [0.25, 0.3) is 0 Å². The molecule has 0 saturated carbocycles. The maximum Gasteiger partial charge on any atom is 0.692 e. The molecule has 0 bridgehead atoms. The summed E-state index contributed by atoms with van der Waals surface area (Å²) in [5, 5.41) is 0. The molecule has 66 valence electrons. The van der Waals surface area contributed by atoms with Gasteiger partial charge in [0.15, 0.2) is 0 Å². The van der Waals surface area contributed by atoms with Gasteiger partial charge in [-0.2, -0.15) is 0 Å². The predicted octanol–water partition coefficient (Wildman–Crippen LogP) is -0.132. The largest absolute Gasteiger partial charge is 0.692 e. The van der Waals surface area contributed by atoms with Gasteiger partial charge < -0.3 is 4.52 Å². The Labute approximate surface area is 63.1 Å². The maximum absolute atomic E-state index is 9.63. The number of phosphoric acid groups is 1. The molecule has 0 unspecified atom stereocenters. The Balaban J connectivity index is 0. The van der Waals surface area contributed by atoms with E-state index in [-0.39, 0.29) is 0 Å². The van der Waals surface area contributed by atoms with Crippen molar-refractivity contribution in [2.45, 2.75) is 0 Å². The van der Waals surface area contributed by atoms with Crippen LogP contribution in [0.1, 0.15) is 0 Å². The summed E-state index contributed by atoms with van der Waals surface area (Å²) in [5.41, 5.74) is 0. The molecule has 0 aromatic carbocycles. The van der Waals surface area contributed by atoms with Crippen molar-refractivity contribution >= 4 is 16.1 Å². The SMILES string of the molecule is C=COP(=O)(O)O.O=[P+](O)O. The molecule has 0 aliphatic heterocycles. The summed E-state index contributed by atoms with van der Waals surface area (Å²) in [6, 6.07) is 0. The van der Waals surface area contributed by atoms with Gasteiger partial charge in [0.1, 0.15) is 0 Å². The normalized spacial score (nSPS) is 9.09. The van der Waals surface area contributed by atoms with Gasteiger partial charge in [-0.3, -0.25) is 9.79 Å². The molecule has 0 heterocycles. The first-order valence-corrected chi connectivity index (χ1v) is 4.69. The molecule has 11 heavy (non-hydrogen) atoms. The van der Waals surface area contributed by atoms with Crippen molar-refractivity contribution in [3.05, 3.63) is 12.8 Å². The van der Waals surface area contributed by atoms with Gasteiger partial charge in [-0.1, -0.05) is 6.58 Å². The molecule has 0 aliphatic carbocycles. The fourth-order valence-electron chi connectivity index (χ4n) is 0.0971. The zero-order valence-electron chi connectivity index (χ0n) is 5.19. The highest BCUT2D eigenvalue weighted by Crippen LogP contribution is 2.35. The summed E-state index contributed by atoms with van der Waals surface area (Å²) in [4.78, 5) is 29.9. The van der Waals surface area contributed by atoms with E-state index in [2.05, 4.69) is 11.1 Å². The van der Waals surface area contributed by atoms with Crippen molar-refractivity contribution in [2.24, 2.45) is 0 Å². The van der Waals surface area contributed by atoms with E-state index in [9.17, 15) is 4.57 Å². The number of rotatable bonds is 2. The smallest absolute Gasteiger partial charge is 0.413 e. The Morgan fingerprint density at radius 1 is 1.45 bits per heavy atom. The lowest BCUT2D eigenvalue weighted by molar-refractivity contribution is 0.259. The van der Waals surface area contributed by atoms with Crippen molar-refractivity contribution < 1.29 is 33.2 Å². The van der Waals surface area contributed by atoms with E-state index in [1.807, 2.05) is 0 Å². The molecule has 0 spiro atoms. The van der Waals surface area contributed by atoms with Crippen LogP contribution in [-0.2, 0) is 13.7 Å². The minimum Gasteiger partial charge on any atom is -0.413 e. The molecule has 0 fully saturated rings. The highest BCUT2D eigenvalue weighted by atomic mass is 31.2. The fraction of sp³-hybridized carbons (Fsp3) is 0. The predicted molar refractivity (Wildman–Crippen MR) is 35.4 cm³/mol. The third-order valence-electron chi connectivity index (χ3n) is 0.212. The van der Waals surface area contributed by atoms with Gasteiger partial charge in [-0.15, -0.1) is 9.79 Å². The number of phosphoric ester groups is 1. The highest BCUT2D eigenvalue weighted by molar-refractivity contribution is 7.46. The summed E-state index contributed by atoms with van der Waals surface area (Å²) in [6.07, 6.45) is 0.695. The van der Waals surface area contributed by atoms with E-state index in [1.54, 1.807) is 0 Å². The van der Waals surface area contributed by atoms with Gasteiger partial charge >= 0.3 is 16.1 Å². The van der Waals surface area contributed by atoms with Gasteiger partial charge in [0.25, 0.3) is 0 Å². The first-order valence-electron chi connectivity index (χ1n) is 1.99. The van der Waals surface area contributed by atoms with Crippen LogP contribution in [0.15, 0.2) is 12.8 Å². The molecule has 9 heteroatoms. The summed E-state index contributed by atoms with van der Waals surface area (Å²) in [7, 11) is -7.15. The molecule has 0 radical (unpaired) electrons. The Bertz CT molecular complexity index is 165. The quantitative estimate of drug-likeness (QED) is 0.365. The van der Waals surface area contributed by atoms with E-state index in [4.69, 9.17) is 24.1 Å². The topological polar surface area (TPSA) is 124 Å². The second-order valence-corrected chi connectivity index (χ2v) is 2.71. The molecular formula is C2H7O7P2+. The van der Waals surface area contributed by atoms with E-state index in [1.165, 1.54) is 0 Å². The molecule has 0 aromatic rings. The molecule has 4 N–H and O–H groups in total. The number of hydrogen-bond acceptors (Lipinski definition) is 3. The summed E-state index contributed by atoms with van der Waals surface area (Å²) in [5.74, 6) is 0. The van der Waals surface area contributed by atoms with Crippen LogP contribution in [0.2, 0.25) is 0 Å². The van der Waals surface area contributed by atoms with Gasteiger partial charge in [-0.25, -0.2) is 4.57 Å². The second kappa shape index (κ2) is 6.42. The first-order chi connectivity index (χ1) is 4.79. The molecular weight excluding hydrogens is 198 g/mol. The lowest BCUT2D eigenvalue weighted by Gasteiger charge is -1.96. The Morgan fingerprint density at radius 2 is 1.73 bits per heavy atom. The second-order valence-electron chi connectivity index (χ2n) is 1.02. The average molecular weight is 205 g/mol. The zero-order chi connectivity index (χ0) is 9.49. The van der Waals surface area contributed by atoms with Crippen molar-refractivity contribution in [2.75, 3.05) is 0 Å². The van der Waals surface area contributed by atoms with Crippen LogP contribution in [0.3, 0.4) is 0 Å². The van der Waals surface area contributed by atoms with Crippen LogP contribution in [-0.4, -0.2) is 19.6 Å². The van der Waals surface area contributed by atoms with E-state index in [0.29, 0.717) is 6.26 Å². The molecule has 0 saturated heterocycles. The Morgan fingerprint density at radius 3 is 1.73 bits per heavy atom. The van der Waals surface area contributed by atoms with Crippen molar-refractivity contribution in [1.29, 1.82) is 0 Å². The summed E-state index contributed by atoms with van der Waals surface area (Å²) >= 11 is 0. The number of hydrogen-bond donors (Lipinski definition) is 4. The maximum atomic E-state index is 9.63. The molecule has 0 atom stereocenters. The molecule has 0 amide bonds. The Hall–Kier alpha value is -0.290. The van der Waals surface area contributed by atoms with Crippen molar-refractivity contribution in [3.8, 4) is 0 Å². The lowest BCUT2D eigenvalue weighted by Crippen LogP contribution is -1.75. The zero-order valence-corrected chi connectivity index (χ0v) is 6.98. The van der Waals surface area contributed by atoms with E-state index >= 15 is 0 Å². The van der Waals surface area contributed by atoms with Crippen LogP contribution >= 0.6 is 16.1 Å². The third kappa shape index (κ3) is 41.9. The minimum atomic E-state index is -4.28. The van der Waals surface area contributed by atoms with Crippen LogP contribution in [0.5, 0.6) is 0 Å². The molecule has 0 aromatic heterocycles. The van der Waals surface area contributed by atoms with Gasteiger partial charge in [0.2, 0.25) is 0 Å². The fourth-order valence-corrected chi connectivity index (χ4v) is 0.291.